The highest BCUT2D eigenvalue weighted by Crippen LogP contribution is 2.25. The number of H-pyrrole nitrogens is 1. The first kappa shape index (κ1) is 18.5. The molecule has 4 rings (SSSR count). The van der Waals surface area contributed by atoms with Crippen molar-refractivity contribution >= 4 is 22.6 Å². The summed E-state index contributed by atoms with van der Waals surface area (Å²) >= 11 is 0. The van der Waals surface area contributed by atoms with Crippen molar-refractivity contribution in [3.63, 3.8) is 0 Å². The molecule has 1 aromatic heterocycles. The van der Waals surface area contributed by atoms with Crippen LogP contribution >= 0.6 is 0 Å². The predicted octanol–water partition coefficient (Wildman–Crippen LogP) is 3.27. The largest absolute Gasteiger partial charge is 0.326 e. The summed E-state index contributed by atoms with van der Waals surface area (Å²) in [6.07, 6.45) is 0.956. The maximum absolute atomic E-state index is 13.1. The van der Waals surface area contributed by atoms with E-state index >= 15 is 0 Å². The standard InChI is InChI=1S/C22H26N4O2/c1-22(2,3)13-26-18-9-5-7-15(19(18)25-21(26)28)20(27)24-17-8-4-6-14-10-11-23-12-16(14)17/h4-9,23H,10-13H2,1-3H3,(H,24,27)(H,25,28). The number of imidazole rings is 1. The minimum Gasteiger partial charge on any atom is -0.322 e. The Kier molecular flexibility index (Phi) is 4.59. The van der Waals surface area contributed by atoms with Gasteiger partial charge in [0.25, 0.3) is 5.91 Å². The summed E-state index contributed by atoms with van der Waals surface area (Å²) in [5, 5.41) is 6.40. The maximum atomic E-state index is 13.1. The highest BCUT2D eigenvalue weighted by atomic mass is 16.2. The van der Waals surface area contributed by atoms with Crippen LogP contribution in [0.15, 0.2) is 41.2 Å². The Bertz CT molecular complexity index is 1100. The monoisotopic (exact) mass is 378 g/mol. The van der Waals surface area contributed by atoms with Crippen LogP contribution in [0, 0.1) is 5.41 Å². The van der Waals surface area contributed by atoms with Crippen LogP contribution in [0.5, 0.6) is 0 Å². The number of carbonyl (C=O) groups is 1. The number of benzene rings is 2. The molecule has 3 N–H and O–H groups in total. The van der Waals surface area contributed by atoms with Gasteiger partial charge in [-0.05, 0) is 47.7 Å². The number of rotatable bonds is 3. The molecule has 6 heteroatoms. The van der Waals surface area contributed by atoms with Crippen LogP contribution < -0.4 is 16.3 Å². The molecule has 6 nitrogen and oxygen atoms in total. The molecule has 0 bridgehead atoms. The average molecular weight is 378 g/mol. The van der Waals surface area contributed by atoms with Gasteiger partial charge in [0, 0.05) is 18.8 Å². The average Bonchev–Trinajstić information content (AvgIpc) is 2.96. The molecule has 0 fully saturated rings. The summed E-state index contributed by atoms with van der Waals surface area (Å²) in [4.78, 5) is 28.4. The van der Waals surface area contributed by atoms with Gasteiger partial charge >= 0.3 is 5.69 Å². The molecule has 0 unspecified atom stereocenters. The zero-order chi connectivity index (χ0) is 19.9. The van der Waals surface area contributed by atoms with Gasteiger partial charge in [0.15, 0.2) is 0 Å². The number of aromatic nitrogens is 2. The molecule has 1 aliphatic rings. The molecule has 2 aromatic carbocycles. The van der Waals surface area contributed by atoms with E-state index in [1.807, 2.05) is 24.3 Å². The molecule has 146 valence electrons. The summed E-state index contributed by atoms with van der Waals surface area (Å²) in [7, 11) is 0. The Morgan fingerprint density at radius 1 is 1.18 bits per heavy atom. The van der Waals surface area contributed by atoms with E-state index in [1.54, 1.807) is 10.6 Å². The molecule has 3 aromatic rings. The second-order valence-electron chi connectivity index (χ2n) is 8.60. The Balaban J connectivity index is 1.71. The van der Waals surface area contributed by atoms with E-state index in [-0.39, 0.29) is 17.0 Å². The number of hydrogen-bond donors (Lipinski definition) is 3. The third-order valence-electron chi connectivity index (χ3n) is 5.08. The van der Waals surface area contributed by atoms with Gasteiger partial charge in [0.1, 0.15) is 0 Å². The summed E-state index contributed by atoms with van der Waals surface area (Å²) in [5.74, 6) is -0.214. The van der Waals surface area contributed by atoms with Crippen LogP contribution in [-0.2, 0) is 19.5 Å². The molecular formula is C22H26N4O2. The second-order valence-corrected chi connectivity index (χ2v) is 8.60. The third-order valence-corrected chi connectivity index (χ3v) is 5.08. The van der Waals surface area contributed by atoms with Crippen molar-refractivity contribution in [1.29, 1.82) is 0 Å². The van der Waals surface area contributed by atoms with Crippen molar-refractivity contribution in [1.82, 2.24) is 14.9 Å². The zero-order valence-electron chi connectivity index (χ0n) is 16.6. The zero-order valence-corrected chi connectivity index (χ0v) is 16.6. The van der Waals surface area contributed by atoms with Gasteiger partial charge in [-0.2, -0.15) is 0 Å². The first-order valence-corrected chi connectivity index (χ1v) is 9.68. The Morgan fingerprint density at radius 2 is 1.96 bits per heavy atom. The molecule has 0 atom stereocenters. The van der Waals surface area contributed by atoms with E-state index in [0.29, 0.717) is 17.6 Å². The summed E-state index contributed by atoms with van der Waals surface area (Å²) < 4.78 is 1.71. The lowest BCUT2D eigenvalue weighted by atomic mass is 9.97. The lowest BCUT2D eigenvalue weighted by Gasteiger charge is -2.20. The van der Waals surface area contributed by atoms with Gasteiger partial charge in [-0.1, -0.05) is 39.0 Å². The SMILES string of the molecule is CC(C)(C)Cn1c(=O)[nH]c2c(C(=O)Nc3cccc4c3CNCC4)cccc21. The van der Waals surface area contributed by atoms with E-state index in [2.05, 4.69) is 42.5 Å². The molecule has 0 aliphatic carbocycles. The van der Waals surface area contributed by atoms with Crippen LogP contribution in [0.2, 0.25) is 0 Å². The fraction of sp³-hybridized carbons (Fsp3) is 0.364. The van der Waals surface area contributed by atoms with Gasteiger partial charge in [-0.25, -0.2) is 4.79 Å². The molecule has 28 heavy (non-hydrogen) atoms. The number of amides is 1. The van der Waals surface area contributed by atoms with Gasteiger partial charge < -0.3 is 15.6 Å². The van der Waals surface area contributed by atoms with Gasteiger partial charge in [0.2, 0.25) is 0 Å². The van der Waals surface area contributed by atoms with Crippen molar-refractivity contribution in [2.24, 2.45) is 5.41 Å². The molecule has 1 amide bonds. The van der Waals surface area contributed by atoms with E-state index in [4.69, 9.17) is 0 Å². The van der Waals surface area contributed by atoms with E-state index < -0.39 is 0 Å². The van der Waals surface area contributed by atoms with Crippen LogP contribution in [0.4, 0.5) is 5.69 Å². The van der Waals surface area contributed by atoms with Gasteiger partial charge in [0.05, 0.1) is 16.6 Å². The first-order chi connectivity index (χ1) is 13.3. The number of fused-ring (bicyclic) bond motifs is 2. The number of hydrogen-bond acceptors (Lipinski definition) is 3. The summed E-state index contributed by atoms with van der Waals surface area (Å²) in [5.41, 5.74) is 4.79. The second kappa shape index (κ2) is 6.95. The van der Waals surface area contributed by atoms with Gasteiger partial charge in [-0.3, -0.25) is 9.36 Å². The Morgan fingerprint density at radius 3 is 2.75 bits per heavy atom. The molecule has 0 saturated carbocycles. The highest BCUT2D eigenvalue weighted by Gasteiger charge is 2.20. The molecule has 0 radical (unpaired) electrons. The number of nitrogens with zero attached hydrogens (tertiary/aromatic N) is 1. The van der Waals surface area contributed by atoms with E-state index in [0.717, 1.165) is 36.3 Å². The highest BCUT2D eigenvalue weighted by molar-refractivity contribution is 6.11. The van der Waals surface area contributed by atoms with Crippen molar-refractivity contribution in [2.75, 3.05) is 11.9 Å². The van der Waals surface area contributed by atoms with E-state index in [9.17, 15) is 9.59 Å². The smallest absolute Gasteiger partial charge is 0.322 e. The normalized spacial score (nSPS) is 14.1. The van der Waals surface area contributed by atoms with E-state index in [1.165, 1.54) is 5.56 Å². The Hall–Kier alpha value is -2.86. The fourth-order valence-electron chi connectivity index (χ4n) is 3.82. The number of nitrogens with one attached hydrogen (secondary N) is 3. The molecular weight excluding hydrogens is 352 g/mol. The minimum atomic E-state index is -0.214. The number of carbonyl (C=O) groups excluding carboxylic acids is 1. The Labute approximate surface area is 164 Å². The van der Waals surface area contributed by atoms with Crippen LogP contribution in [0.3, 0.4) is 0 Å². The lowest BCUT2D eigenvalue weighted by Crippen LogP contribution is -2.25. The number of aromatic amines is 1. The first-order valence-electron chi connectivity index (χ1n) is 9.68. The molecule has 1 aliphatic heterocycles. The van der Waals surface area contributed by atoms with Crippen molar-refractivity contribution in [3.8, 4) is 0 Å². The van der Waals surface area contributed by atoms with Crippen molar-refractivity contribution in [2.45, 2.75) is 40.3 Å². The van der Waals surface area contributed by atoms with Crippen LogP contribution in [0.1, 0.15) is 42.3 Å². The quantitative estimate of drug-likeness (QED) is 0.654. The summed E-state index contributed by atoms with van der Waals surface area (Å²) in [6.45, 7) is 8.53. The number of para-hydroxylation sites is 1. The fourth-order valence-corrected chi connectivity index (χ4v) is 3.82. The third kappa shape index (κ3) is 3.47. The van der Waals surface area contributed by atoms with Crippen LogP contribution in [0.25, 0.3) is 11.0 Å². The predicted molar refractivity (Wildman–Crippen MR) is 112 cm³/mol. The number of anilines is 1. The maximum Gasteiger partial charge on any atom is 0.326 e. The molecule has 0 spiro atoms. The molecule has 0 saturated heterocycles. The van der Waals surface area contributed by atoms with Crippen LogP contribution in [-0.4, -0.2) is 22.0 Å². The van der Waals surface area contributed by atoms with Gasteiger partial charge in [-0.15, -0.1) is 0 Å². The lowest BCUT2D eigenvalue weighted by molar-refractivity contribution is 0.102. The van der Waals surface area contributed by atoms with Crippen molar-refractivity contribution < 1.29 is 4.79 Å². The topological polar surface area (TPSA) is 78.9 Å². The minimum absolute atomic E-state index is 0.0483. The summed E-state index contributed by atoms with van der Waals surface area (Å²) in [6, 6.07) is 11.5. The van der Waals surface area contributed by atoms with Crippen molar-refractivity contribution in [3.05, 3.63) is 63.6 Å². The molecule has 2 heterocycles.